The minimum absolute atomic E-state index is 0.293. The predicted molar refractivity (Wildman–Crippen MR) is 73.1 cm³/mol. The molecule has 3 heteroatoms. The Morgan fingerprint density at radius 2 is 2.18 bits per heavy atom. The smallest absolute Gasteiger partial charge is 0.0935 e. The van der Waals surface area contributed by atoms with Crippen LogP contribution in [0.5, 0.6) is 0 Å². The number of hydrogen-bond acceptors (Lipinski definition) is 2. The van der Waals surface area contributed by atoms with E-state index in [1.807, 2.05) is 13.1 Å². The van der Waals surface area contributed by atoms with Gasteiger partial charge in [0, 0.05) is 10.5 Å². The Balaban J connectivity index is 2.26. The molecule has 1 aromatic carbocycles. The van der Waals surface area contributed by atoms with Gasteiger partial charge in [-0.25, -0.2) is 0 Å². The van der Waals surface area contributed by atoms with Crippen LogP contribution in [0.3, 0.4) is 0 Å². The lowest BCUT2D eigenvalue weighted by Crippen LogP contribution is -2.19. The Bertz CT molecular complexity index is 479. The van der Waals surface area contributed by atoms with E-state index in [0.29, 0.717) is 6.04 Å². The molecular weight excluding hydrogens is 278 g/mol. The molecule has 0 fully saturated rings. The molecule has 17 heavy (non-hydrogen) atoms. The second-order valence-corrected chi connectivity index (χ2v) is 4.95. The van der Waals surface area contributed by atoms with E-state index in [1.54, 1.807) is 12.5 Å². The number of benzene rings is 1. The first-order chi connectivity index (χ1) is 8.22. The highest BCUT2D eigenvalue weighted by Gasteiger charge is 2.14. The highest BCUT2D eigenvalue weighted by molar-refractivity contribution is 9.10. The quantitative estimate of drug-likeness (QED) is 0.926. The minimum atomic E-state index is 0.293. The van der Waals surface area contributed by atoms with Gasteiger partial charge in [-0.05, 0) is 43.1 Å². The number of rotatable bonds is 4. The molecular formula is C14H16BrNO. The summed E-state index contributed by atoms with van der Waals surface area (Å²) in [7, 11) is 1.99. The van der Waals surface area contributed by atoms with Gasteiger partial charge in [0.2, 0.25) is 0 Å². The third-order valence-electron chi connectivity index (χ3n) is 2.97. The molecule has 0 spiro atoms. The van der Waals surface area contributed by atoms with E-state index in [9.17, 15) is 0 Å². The number of likely N-dealkylation sites (N-methyl/N-ethyl adjacent to an activating group) is 1. The highest BCUT2D eigenvalue weighted by atomic mass is 79.9. The fourth-order valence-electron chi connectivity index (χ4n) is 1.95. The predicted octanol–water partition coefficient (Wildman–Crippen LogP) is 3.85. The standard InChI is InChI=1S/C14H16BrNO/c1-10-4-3-5-12(14(10)15)13(16-2)8-11-6-7-17-9-11/h3-7,9,13,16H,8H2,1-2H3. The van der Waals surface area contributed by atoms with E-state index in [1.165, 1.54) is 21.2 Å². The van der Waals surface area contributed by atoms with Gasteiger partial charge in [-0.2, -0.15) is 0 Å². The van der Waals surface area contributed by atoms with Crippen LogP contribution in [0.15, 0.2) is 45.7 Å². The number of furan rings is 1. The van der Waals surface area contributed by atoms with Crippen LogP contribution in [0.4, 0.5) is 0 Å². The zero-order chi connectivity index (χ0) is 12.3. The first-order valence-corrected chi connectivity index (χ1v) is 6.45. The molecule has 2 nitrogen and oxygen atoms in total. The molecule has 1 aromatic heterocycles. The molecule has 1 atom stereocenters. The fraction of sp³-hybridized carbons (Fsp3) is 0.286. The fourth-order valence-corrected chi connectivity index (χ4v) is 2.49. The van der Waals surface area contributed by atoms with Crippen molar-refractivity contribution >= 4 is 15.9 Å². The first kappa shape index (κ1) is 12.4. The van der Waals surface area contributed by atoms with E-state index in [4.69, 9.17) is 4.42 Å². The SMILES string of the molecule is CNC(Cc1ccoc1)c1cccc(C)c1Br. The molecule has 1 unspecified atom stereocenters. The summed E-state index contributed by atoms with van der Waals surface area (Å²) < 4.78 is 6.29. The summed E-state index contributed by atoms with van der Waals surface area (Å²) in [4.78, 5) is 0. The van der Waals surface area contributed by atoms with Crippen molar-refractivity contribution in [1.82, 2.24) is 5.32 Å². The van der Waals surface area contributed by atoms with E-state index < -0.39 is 0 Å². The molecule has 0 amide bonds. The maximum absolute atomic E-state index is 5.11. The van der Waals surface area contributed by atoms with E-state index in [2.05, 4.69) is 46.4 Å². The maximum Gasteiger partial charge on any atom is 0.0935 e. The van der Waals surface area contributed by atoms with Crippen LogP contribution in [0.25, 0.3) is 0 Å². The Morgan fingerprint density at radius 3 is 2.82 bits per heavy atom. The van der Waals surface area contributed by atoms with Crippen molar-refractivity contribution in [2.75, 3.05) is 7.05 Å². The van der Waals surface area contributed by atoms with Gasteiger partial charge in [-0.1, -0.05) is 34.1 Å². The van der Waals surface area contributed by atoms with Gasteiger partial charge in [0.05, 0.1) is 12.5 Å². The van der Waals surface area contributed by atoms with Crippen LogP contribution in [0.2, 0.25) is 0 Å². The van der Waals surface area contributed by atoms with Gasteiger partial charge >= 0.3 is 0 Å². The summed E-state index contributed by atoms with van der Waals surface area (Å²) in [5.74, 6) is 0. The number of halogens is 1. The molecule has 0 aliphatic rings. The van der Waals surface area contributed by atoms with E-state index in [-0.39, 0.29) is 0 Å². The van der Waals surface area contributed by atoms with Crippen LogP contribution >= 0.6 is 15.9 Å². The number of nitrogens with one attached hydrogen (secondary N) is 1. The Labute approximate surface area is 110 Å². The van der Waals surface area contributed by atoms with Gasteiger partial charge in [0.15, 0.2) is 0 Å². The lowest BCUT2D eigenvalue weighted by atomic mass is 9.99. The Kier molecular flexibility index (Phi) is 4.02. The van der Waals surface area contributed by atoms with Gasteiger partial charge in [0.25, 0.3) is 0 Å². The van der Waals surface area contributed by atoms with E-state index in [0.717, 1.165) is 6.42 Å². The maximum atomic E-state index is 5.11. The highest BCUT2D eigenvalue weighted by Crippen LogP contribution is 2.28. The van der Waals surface area contributed by atoms with Crippen molar-refractivity contribution in [3.63, 3.8) is 0 Å². The third kappa shape index (κ3) is 2.79. The lowest BCUT2D eigenvalue weighted by molar-refractivity contribution is 0.551. The topological polar surface area (TPSA) is 25.2 Å². The monoisotopic (exact) mass is 293 g/mol. The molecule has 1 heterocycles. The zero-order valence-corrected chi connectivity index (χ0v) is 11.6. The normalized spacial score (nSPS) is 12.6. The molecule has 0 aliphatic carbocycles. The minimum Gasteiger partial charge on any atom is -0.472 e. The number of aryl methyl sites for hydroxylation is 1. The number of hydrogen-bond donors (Lipinski definition) is 1. The van der Waals surface area contributed by atoms with Crippen molar-refractivity contribution < 1.29 is 4.42 Å². The van der Waals surface area contributed by atoms with Crippen LogP contribution in [-0.4, -0.2) is 7.05 Å². The molecule has 0 bridgehead atoms. The van der Waals surface area contributed by atoms with Crippen molar-refractivity contribution in [1.29, 1.82) is 0 Å². The summed E-state index contributed by atoms with van der Waals surface area (Å²) in [6, 6.07) is 8.65. The van der Waals surface area contributed by atoms with Crippen molar-refractivity contribution in [3.8, 4) is 0 Å². The zero-order valence-electron chi connectivity index (χ0n) is 10.0. The van der Waals surface area contributed by atoms with Crippen LogP contribution in [0, 0.1) is 6.92 Å². The molecule has 0 radical (unpaired) electrons. The molecule has 0 saturated carbocycles. The third-order valence-corrected chi connectivity index (χ3v) is 4.05. The largest absolute Gasteiger partial charge is 0.472 e. The van der Waals surface area contributed by atoms with Crippen LogP contribution in [-0.2, 0) is 6.42 Å². The molecule has 0 saturated heterocycles. The molecule has 2 aromatic rings. The van der Waals surface area contributed by atoms with Crippen molar-refractivity contribution in [2.45, 2.75) is 19.4 Å². The Hall–Kier alpha value is -1.06. The summed E-state index contributed by atoms with van der Waals surface area (Å²) >= 11 is 3.66. The summed E-state index contributed by atoms with van der Waals surface area (Å²) in [6.07, 6.45) is 4.44. The first-order valence-electron chi connectivity index (χ1n) is 5.65. The van der Waals surface area contributed by atoms with Crippen LogP contribution in [0.1, 0.15) is 22.7 Å². The van der Waals surface area contributed by atoms with Gasteiger partial charge in [-0.3, -0.25) is 0 Å². The Morgan fingerprint density at radius 1 is 1.35 bits per heavy atom. The van der Waals surface area contributed by atoms with Crippen LogP contribution < -0.4 is 5.32 Å². The van der Waals surface area contributed by atoms with Crippen molar-refractivity contribution in [2.24, 2.45) is 0 Å². The van der Waals surface area contributed by atoms with Gasteiger partial charge in [0.1, 0.15) is 0 Å². The molecule has 0 aliphatic heterocycles. The second kappa shape index (κ2) is 5.52. The van der Waals surface area contributed by atoms with Gasteiger partial charge < -0.3 is 9.73 Å². The molecule has 2 rings (SSSR count). The van der Waals surface area contributed by atoms with E-state index >= 15 is 0 Å². The second-order valence-electron chi connectivity index (χ2n) is 4.16. The molecule has 90 valence electrons. The summed E-state index contributed by atoms with van der Waals surface area (Å²) in [5.41, 5.74) is 3.75. The average Bonchev–Trinajstić information content (AvgIpc) is 2.83. The average molecular weight is 294 g/mol. The summed E-state index contributed by atoms with van der Waals surface area (Å²) in [5, 5.41) is 3.35. The van der Waals surface area contributed by atoms with Gasteiger partial charge in [-0.15, -0.1) is 0 Å². The summed E-state index contributed by atoms with van der Waals surface area (Å²) in [6.45, 7) is 2.11. The molecule has 1 N–H and O–H groups in total. The lowest BCUT2D eigenvalue weighted by Gasteiger charge is -2.18. The van der Waals surface area contributed by atoms with Crippen molar-refractivity contribution in [3.05, 3.63) is 58.0 Å².